The number of amides is 2. The van der Waals surface area contributed by atoms with Gasteiger partial charge in [0.25, 0.3) is 5.91 Å². The molecule has 3 N–H and O–H groups in total. The van der Waals surface area contributed by atoms with E-state index in [9.17, 15) is 14.0 Å². The minimum absolute atomic E-state index is 0.204. The second-order valence-electron chi connectivity index (χ2n) is 6.93. The molecule has 0 spiro atoms. The number of hydrogen-bond donors (Lipinski definition) is 2. The first-order valence-corrected chi connectivity index (χ1v) is 10.6. The van der Waals surface area contributed by atoms with E-state index >= 15 is 0 Å². The highest BCUT2D eigenvalue weighted by molar-refractivity contribution is 7.13. The van der Waals surface area contributed by atoms with Crippen LogP contribution in [-0.4, -0.2) is 23.3 Å². The van der Waals surface area contributed by atoms with Crippen molar-refractivity contribution in [2.75, 3.05) is 22.5 Å². The molecule has 0 unspecified atom stereocenters. The van der Waals surface area contributed by atoms with Crippen LogP contribution in [0, 0.1) is 5.82 Å². The second kappa shape index (κ2) is 9.40. The Morgan fingerprint density at radius 3 is 2.28 bits per heavy atom. The molecular weight excluding hydrogens is 427 g/mol. The predicted octanol–water partition coefficient (Wildman–Crippen LogP) is 4.82. The molecule has 2 amide bonds. The van der Waals surface area contributed by atoms with Crippen LogP contribution in [0.15, 0.2) is 84.2 Å². The molecule has 0 atom stereocenters. The Kier molecular flexibility index (Phi) is 6.23. The van der Waals surface area contributed by atoms with Crippen molar-refractivity contribution in [3.63, 3.8) is 0 Å². The number of nitrogen functional groups attached to an aromatic ring is 1. The minimum Gasteiger partial charge on any atom is -0.375 e. The van der Waals surface area contributed by atoms with Gasteiger partial charge >= 0.3 is 0 Å². The summed E-state index contributed by atoms with van der Waals surface area (Å²) in [4.78, 5) is 31.4. The van der Waals surface area contributed by atoms with Crippen molar-refractivity contribution in [3.05, 3.63) is 95.6 Å². The molecule has 0 aliphatic heterocycles. The number of thiazole rings is 1. The summed E-state index contributed by atoms with van der Waals surface area (Å²) in [5, 5.41) is 5.16. The summed E-state index contributed by atoms with van der Waals surface area (Å²) < 4.78 is 13.3. The number of carbonyl (C=O) groups excluding carboxylic acids is 2. The summed E-state index contributed by atoms with van der Waals surface area (Å²) in [5.74, 6) is -1.20. The fourth-order valence-electron chi connectivity index (χ4n) is 3.13. The summed E-state index contributed by atoms with van der Waals surface area (Å²) in [6, 6.07) is 21.3. The van der Waals surface area contributed by atoms with E-state index in [4.69, 9.17) is 5.73 Å². The standard InChI is InChI=1S/C24H19FN4O2S/c25-18-10-6-17(7-11-18)23(31)29(20-4-2-1-3-5-20)14-22(30)27-19-12-8-16(9-13-19)21-15-32-24(26)28-21/h1-13,15H,14H2,(H2,26,28)(H,27,30). The highest BCUT2D eigenvalue weighted by atomic mass is 32.1. The van der Waals surface area contributed by atoms with Crippen molar-refractivity contribution in [2.24, 2.45) is 0 Å². The molecule has 0 saturated carbocycles. The molecule has 1 heterocycles. The summed E-state index contributed by atoms with van der Waals surface area (Å²) in [6.07, 6.45) is 0. The molecule has 32 heavy (non-hydrogen) atoms. The van der Waals surface area contributed by atoms with E-state index in [-0.39, 0.29) is 18.0 Å². The molecule has 0 radical (unpaired) electrons. The molecule has 0 aliphatic carbocycles. The number of halogens is 1. The maximum absolute atomic E-state index is 13.3. The zero-order valence-corrected chi connectivity index (χ0v) is 17.7. The average molecular weight is 447 g/mol. The van der Waals surface area contributed by atoms with Crippen LogP contribution in [0.4, 0.5) is 20.9 Å². The molecule has 4 aromatic rings. The van der Waals surface area contributed by atoms with Crippen LogP contribution >= 0.6 is 11.3 Å². The third-order valence-corrected chi connectivity index (χ3v) is 5.37. The van der Waals surface area contributed by atoms with E-state index < -0.39 is 11.7 Å². The van der Waals surface area contributed by atoms with Crippen molar-refractivity contribution >= 4 is 39.7 Å². The number of para-hydroxylation sites is 1. The van der Waals surface area contributed by atoms with Crippen LogP contribution in [-0.2, 0) is 4.79 Å². The lowest BCUT2D eigenvalue weighted by Gasteiger charge is -2.22. The lowest BCUT2D eigenvalue weighted by Crippen LogP contribution is -2.38. The fourth-order valence-corrected chi connectivity index (χ4v) is 3.70. The Labute approximate surface area is 188 Å². The average Bonchev–Trinajstić information content (AvgIpc) is 3.25. The van der Waals surface area contributed by atoms with E-state index in [1.54, 1.807) is 36.4 Å². The predicted molar refractivity (Wildman–Crippen MR) is 125 cm³/mol. The Morgan fingerprint density at radius 2 is 1.66 bits per heavy atom. The molecule has 0 bridgehead atoms. The second-order valence-corrected chi connectivity index (χ2v) is 7.82. The fraction of sp³-hybridized carbons (Fsp3) is 0.0417. The number of nitrogens with two attached hydrogens (primary N) is 1. The maximum atomic E-state index is 13.3. The summed E-state index contributed by atoms with van der Waals surface area (Å²) >= 11 is 1.36. The van der Waals surface area contributed by atoms with Gasteiger partial charge < -0.3 is 11.1 Å². The Bertz CT molecular complexity index is 1230. The van der Waals surface area contributed by atoms with Crippen molar-refractivity contribution in [1.29, 1.82) is 0 Å². The first-order valence-electron chi connectivity index (χ1n) is 9.73. The third kappa shape index (κ3) is 4.98. The van der Waals surface area contributed by atoms with Crippen molar-refractivity contribution in [2.45, 2.75) is 0 Å². The Hall–Kier alpha value is -4.04. The number of hydrogen-bond acceptors (Lipinski definition) is 5. The first-order chi connectivity index (χ1) is 15.5. The van der Waals surface area contributed by atoms with E-state index in [2.05, 4.69) is 10.3 Å². The van der Waals surface area contributed by atoms with Crippen molar-refractivity contribution < 1.29 is 14.0 Å². The third-order valence-electron chi connectivity index (χ3n) is 4.69. The van der Waals surface area contributed by atoms with Gasteiger partial charge in [-0.2, -0.15) is 0 Å². The van der Waals surface area contributed by atoms with Crippen LogP contribution in [0.1, 0.15) is 10.4 Å². The number of benzene rings is 3. The van der Waals surface area contributed by atoms with Crippen molar-refractivity contribution in [3.8, 4) is 11.3 Å². The molecular formula is C24H19FN4O2S. The first kappa shape index (κ1) is 21.2. The molecule has 0 aliphatic rings. The highest BCUT2D eigenvalue weighted by Gasteiger charge is 2.21. The van der Waals surface area contributed by atoms with E-state index in [1.165, 1.54) is 40.5 Å². The zero-order valence-electron chi connectivity index (χ0n) is 16.9. The van der Waals surface area contributed by atoms with Crippen LogP contribution in [0.5, 0.6) is 0 Å². The summed E-state index contributed by atoms with van der Waals surface area (Å²) in [5.41, 5.74) is 8.77. The topological polar surface area (TPSA) is 88.3 Å². The number of aromatic nitrogens is 1. The molecule has 8 heteroatoms. The van der Waals surface area contributed by atoms with Gasteiger partial charge in [0.05, 0.1) is 5.69 Å². The highest BCUT2D eigenvalue weighted by Crippen LogP contribution is 2.24. The SMILES string of the molecule is Nc1nc(-c2ccc(NC(=O)CN(C(=O)c3ccc(F)cc3)c3ccccc3)cc2)cs1. The van der Waals surface area contributed by atoms with Gasteiger partial charge in [-0.3, -0.25) is 14.5 Å². The lowest BCUT2D eigenvalue weighted by atomic mass is 10.1. The van der Waals surface area contributed by atoms with Gasteiger partial charge in [0, 0.05) is 27.9 Å². The molecule has 4 rings (SSSR count). The van der Waals surface area contributed by atoms with E-state index in [1.807, 2.05) is 23.6 Å². The van der Waals surface area contributed by atoms with Gasteiger partial charge in [0.15, 0.2) is 5.13 Å². The van der Waals surface area contributed by atoms with Crippen LogP contribution < -0.4 is 16.0 Å². The summed E-state index contributed by atoms with van der Waals surface area (Å²) in [6.45, 7) is -0.204. The largest absolute Gasteiger partial charge is 0.375 e. The smallest absolute Gasteiger partial charge is 0.258 e. The molecule has 3 aromatic carbocycles. The van der Waals surface area contributed by atoms with E-state index in [0.717, 1.165) is 11.3 Å². The summed E-state index contributed by atoms with van der Waals surface area (Å²) in [7, 11) is 0. The van der Waals surface area contributed by atoms with Gasteiger partial charge in [0.1, 0.15) is 12.4 Å². The molecule has 6 nitrogen and oxygen atoms in total. The Balaban J connectivity index is 1.50. The van der Waals surface area contributed by atoms with Gasteiger partial charge in [-0.05, 0) is 48.5 Å². The number of anilines is 3. The minimum atomic E-state index is -0.436. The van der Waals surface area contributed by atoms with Crippen molar-refractivity contribution in [1.82, 2.24) is 4.98 Å². The maximum Gasteiger partial charge on any atom is 0.258 e. The van der Waals surface area contributed by atoms with Crippen LogP contribution in [0.3, 0.4) is 0 Å². The monoisotopic (exact) mass is 446 g/mol. The number of carbonyl (C=O) groups is 2. The molecule has 0 saturated heterocycles. The number of nitrogens with one attached hydrogen (secondary N) is 1. The van der Waals surface area contributed by atoms with Gasteiger partial charge in [-0.25, -0.2) is 9.37 Å². The molecule has 1 aromatic heterocycles. The normalized spacial score (nSPS) is 10.5. The zero-order chi connectivity index (χ0) is 22.5. The van der Waals surface area contributed by atoms with E-state index in [0.29, 0.717) is 16.5 Å². The lowest BCUT2D eigenvalue weighted by molar-refractivity contribution is -0.114. The van der Waals surface area contributed by atoms with Gasteiger partial charge in [-0.15, -0.1) is 11.3 Å². The quantitative estimate of drug-likeness (QED) is 0.445. The number of rotatable bonds is 6. The Morgan fingerprint density at radius 1 is 0.969 bits per heavy atom. The van der Waals surface area contributed by atoms with Gasteiger partial charge in [-0.1, -0.05) is 30.3 Å². The molecule has 160 valence electrons. The molecule has 0 fully saturated rings. The van der Waals surface area contributed by atoms with Crippen LogP contribution in [0.2, 0.25) is 0 Å². The number of nitrogens with zero attached hydrogens (tertiary/aromatic N) is 2. The van der Waals surface area contributed by atoms with Gasteiger partial charge in [0.2, 0.25) is 5.91 Å². The van der Waals surface area contributed by atoms with Crippen LogP contribution in [0.25, 0.3) is 11.3 Å².